The van der Waals surface area contributed by atoms with Crippen molar-refractivity contribution in [1.82, 2.24) is 9.88 Å². The maximum absolute atomic E-state index is 12.4. The van der Waals surface area contributed by atoms with E-state index in [1.807, 2.05) is 6.07 Å². The van der Waals surface area contributed by atoms with Crippen LogP contribution in [0.25, 0.3) is 0 Å². The summed E-state index contributed by atoms with van der Waals surface area (Å²) < 4.78 is 0. The molecule has 25 heavy (non-hydrogen) atoms. The molecule has 1 aromatic heterocycles. The molecular formula is C17H19N5O3. The number of pyridine rings is 1. The van der Waals surface area contributed by atoms with Gasteiger partial charge in [-0.15, -0.1) is 0 Å². The van der Waals surface area contributed by atoms with Crippen LogP contribution in [0.15, 0.2) is 42.6 Å². The van der Waals surface area contributed by atoms with Crippen LogP contribution in [0.1, 0.15) is 10.4 Å². The van der Waals surface area contributed by atoms with E-state index in [0.29, 0.717) is 37.6 Å². The van der Waals surface area contributed by atoms with E-state index in [1.165, 1.54) is 6.07 Å². The third-order valence-electron chi connectivity index (χ3n) is 4.06. The molecule has 1 aliphatic rings. The van der Waals surface area contributed by atoms with Gasteiger partial charge < -0.3 is 26.0 Å². The quantitative estimate of drug-likeness (QED) is 0.784. The number of rotatable bonds is 3. The lowest BCUT2D eigenvalue weighted by atomic mass is 10.2. The molecule has 0 bridgehead atoms. The van der Waals surface area contributed by atoms with E-state index in [0.717, 1.165) is 5.82 Å². The number of nitrogens with one attached hydrogen (secondary N) is 1. The largest absolute Gasteiger partial charge is 0.478 e. The summed E-state index contributed by atoms with van der Waals surface area (Å²) in [6.07, 6.45) is 1.61. The summed E-state index contributed by atoms with van der Waals surface area (Å²) in [5, 5.41) is 11.9. The summed E-state index contributed by atoms with van der Waals surface area (Å²) in [6.45, 7) is 2.33. The second kappa shape index (κ2) is 7.08. The molecular weight excluding hydrogens is 322 g/mol. The van der Waals surface area contributed by atoms with Crippen LogP contribution in [0.4, 0.5) is 22.0 Å². The zero-order valence-electron chi connectivity index (χ0n) is 13.6. The number of anilines is 3. The van der Waals surface area contributed by atoms with Crippen molar-refractivity contribution < 1.29 is 14.7 Å². The van der Waals surface area contributed by atoms with E-state index < -0.39 is 5.97 Å². The number of nitrogen functional groups attached to an aromatic ring is 1. The Morgan fingerprint density at radius 2 is 1.80 bits per heavy atom. The lowest BCUT2D eigenvalue weighted by molar-refractivity contribution is 0.0698. The number of hydrogen-bond acceptors (Lipinski definition) is 5. The number of aromatic nitrogens is 1. The number of nitrogens with two attached hydrogens (primary N) is 1. The fraction of sp³-hybridized carbons (Fsp3) is 0.235. The number of carboxylic acids is 1. The van der Waals surface area contributed by atoms with Crippen molar-refractivity contribution in [3.63, 3.8) is 0 Å². The van der Waals surface area contributed by atoms with Crippen LogP contribution in [0.5, 0.6) is 0 Å². The van der Waals surface area contributed by atoms with Gasteiger partial charge in [-0.05, 0) is 24.3 Å². The second-order valence-electron chi connectivity index (χ2n) is 5.70. The number of carbonyl (C=O) groups is 2. The Hall–Kier alpha value is -3.29. The van der Waals surface area contributed by atoms with Gasteiger partial charge in [0.15, 0.2) is 0 Å². The van der Waals surface area contributed by atoms with Crippen molar-refractivity contribution in [2.75, 3.05) is 42.1 Å². The van der Waals surface area contributed by atoms with Gasteiger partial charge in [-0.1, -0.05) is 12.1 Å². The average Bonchev–Trinajstić information content (AvgIpc) is 2.63. The van der Waals surface area contributed by atoms with Crippen molar-refractivity contribution >= 4 is 29.2 Å². The zero-order chi connectivity index (χ0) is 17.8. The molecule has 3 rings (SSSR count). The van der Waals surface area contributed by atoms with Gasteiger partial charge in [0.2, 0.25) is 0 Å². The third kappa shape index (κ3) is 3.79. The van der Waals surface area contributed by atoms with Crippen molar-refractivity contribution in [3.8, 4) is 0 Å². The van der Waals surface area contributed by atoms with E-state index in [1.54, 1.807) is 35.4 Å². The highest BCUT2D eigenvalue weighted by Crippen LogP contribution is 2.18. The van der Waals surface area contributed by atoms with Gasteiger partial charge in [-0.3, -0.25) is 0 Å². The first-order valence-electron chi connectivity index (χ1n) is 7.89. The van der Waals surface area contributed by atoms with Crippen LogP contribution in [0.3, 0.4) is 0 Å². The Labute approximate surface area is 144 Å². The summed E-state index contributed by atoms with van der Waals surface area (Å²) in [6, 6.07) is 9.69. The summed E-state index contributed by atoms with van der Waals surface area (Å²) >= 11 is 0. The molecule has 1 saturated heterocycles. The molecule has 2 heterocycles. The lowest BCUT2D eigenvalue weighted by Crippen LogP contribution is -2.50. The van der Waals surface area contributed by atoms with E-state index in [4.69, 9.17) is 5.73 Å². The van der Waals surface area contributed by atoms with Crippen LogP contribution in [0, 0.1) is 0 Å². The zero-order valence-corrected chi connectivity index (χ0v) is 13.6. The average molecular weight is 341 g/mol. The molecule has 0 aliphatic carbocycles. The van der Waals surface area contributed by atoms with Crippen molar-refractivity contribution in [2.45, 2.75) is 0 Å². The van der Waals surface area contributed by atoms with Gasteiger partial charge in [0.1, 0.15) is 5.82 Å². The molecule has 8 heteroatoms. The third-order valence-corrected chi connectivity index (χ3v) is 4.06. The topological polar surface area (TPSA) is 112 Å². The molecule has 0 spiro atoms. The van der Waals surface area contributed by atoms with Gasteiger partial charge in [0.25, 0.3) is 0 Å². The van der Waals surface area contributed by atoms with Gasteiger partial charge >= 0.3 is 12.0 Å². The fourth-order valence-corrected chi connectivity index (χ4v) is 2.70. The maximum Gasteiger partial charge on any atom is 0.337 e. The summed E-state index contributed by atoms with van der Waals surface area (Å²) in [7, 11) is 0. The predicted octanol–water partition coefficient (Wildman–Crippen LogP) is 1.72. The SMILES string of the molecule is Nc1ccc(N2CCN(C(=O)Nc3ccccc3C(=O)O)CC2)nc1. The number of nitrogens with zero attached hydrogens (tertiary/aromatic N) is 3. The highest BCUT2D eigenvalue weighted by atomic mass is 16.4. The van der Waals surface area contributed by atoms with E-state index in [2.05, 4.69) is 15.2 Å². The van der Waals surface area contributed by atoms with Crippen molar-refractivity contribution in [1.29, 1.82) is 0 Å². The van der Waals surface area contributed by atoms with Crippen LogP contribution in [0.2, 0.25) is 0 Å². The van der Waals surface area contributed by atoms with Crippen molar-refractivity contribution in [3.05, 3.63) is 48.2 Å². The number of para-hydroxylation sites is 1. The number of amides is 2. The van der Waals surface area contributed by atoms with E-state index >= 15 is 0 Å². The van der Waals surface area contributed by atoms with Gasteiger partial charge in [-0.2, -0.15) is 0 Å². The number of piperazine rings is 1. The first-order valence-corrected chi connectivity index (χ1v) is 7.89. The van der Waals surface area contributed by atoms with Crippen LogP contribution in [-0.2, 0) is 0 Å². The molecule has 2 amide bonds. The van der Waals surface area contributed by atoms with Crippen LogP contribution in [-0.4, -0.2) is 53.2 Å². The Morgan fingerprint density at radius 3 is 2.44 bits per heavy atom. The Bertz CT molecular complexity index is 770. The molecule has 8 nitrogen and oxygen atoms in total. The number of urea groups is 1. The molecule has 1 aromatic carbocycles. The minimum absolute atomic E-state index is 0.0700. The Kier molecular flexibility index (Phi) is 4.69. The van der Waals surface area contributed by atoms with Gasteiger partial charge in [-0.25, -0.2) is 14.6 Å². The maximum atomic E-state index is 12.4. The molecule has 0 unspecified atom stereocenters. The summed E-state index contributed by atoms with van der Waals surface area (Å²) in [5.41, 5.74) is 6.61. The predicted molar refractivity (Wildman–Crippen MR) is 94.9 cm³/mol. The summed E-state index contributed by atoms with van der Waals surface area (Å²) in [5.74, 6) is -0.249. The normalized spacial score (nSPS) is 14.2. The van der Waals surface area contributed by atoms with Gasteiger partial charge in [0.05, 0.1) is 23.1 Å². The second-order valence-corrected chi connectivity index (χ2v) is 5.70. The number of hydrogen-bond donors (Lipinski definition) is 3. The molecule has 1 fully saturated rings. The first-order chi connectivity index (χ1) is 12.0. The molecule has 0 atom stereocenters. The minimum atomic E-state index is -1.07. The number of carboxylic acid groups (broad SMARTS) is 1. The van der Waals surface area contributed by atoms with Crippen molar-refractivity contribution in [2.24, 2.45) is 0 Å². The minimum Gasteiger partial charge on any atom is -0.478 e. The molecule has 2 aromatic rings. The molecule has 4 N–H and O–H groups in total. The van der Waals surface area contributed by atoms with Crippen LogP contribution >= 0.6 is 0 Å². The summed E-state index contributed by atoms with van der Waals surface area (Å²) in [4.78, 5) is 31.6. The van der Waals surface area contributed by atoms with E-state index in [-0.39, 0.29) is 11.6 Å². The number of benzene rings is 1. The number of aromatic carboxylic acids is 1. The van der Waals surface area contributed by atoms with Crippen LogP contribution < -0.4 is 16.0 Å². The molecule has 130 valence electrons. The highest BCUT2D eigenvalue weighted by molar-refractivity contribution is 6.00. The Morgan fingerprint density at radius 1 is 1.08 bits per heavy atom. The molecule has 1 aliphatic heterocycles. The Balaban J connectivity index is 1.60. The smallest absolute Gasteiger partial charge is 0.337 e. The fourth-order valence-electron chi connectivity index (χ4n) is 2.70. The lowest BCUT2D eigenvalue weighted by Gasteiger charge is -2.35. The number of carbonyl (C=O) groups excluding carboxylic acids is 1. The first kappa shape index (κ1) is 16.6. The highest BCUT2D eigenvalue weighted by Gasteiger charge is 2.23. The standard InChI is InChI=1S/C17H19N5O3/c18-12-5-6-15(19-11-12)21-7-9-22(10-8-21)17(25)20-14-4-2-1-3-13(14)16(23)24/h1-6,11H,7-10,18H2,(H,20,25)(H,23,24). The van der Waals surface area contributed by atoms with Gasteiger partial charge in [0, 0.05) is 26.2 Å². The molecule has 0 saturated carbocycles. The monoisotopic (exact) mass is 341 g/mol. The molecule has 0 radical (unpaired) electrons. The van der Waals surface area contributed by atoms with E-state index in [9.17, 15) is 14.7 Å².